The number of aromatic nitrogens is 2. The van der Waals surface area contributed by atoms with E-state index in [4.69, 9.17) is 4.98 Å². The molecule has 0 saturated carbocycles. The molecule has 2 heteroatoms. The number of nitrogens with zero attached hydrogens (tertiary/aromatic N) is 2. The maximum atomic E-state index is 5.10. The molecule has 2 nitrogen and oxygen atoms in total. The molecular formula is C56H40N2. The van der Waals surface area contributed by atoms with E-state index in [-0.39, 0.29) is 5.41 Å². The molecule has 0 saturated heterocycles. The summed E-state index contributed by atoms with van der Waals surface area (Å²) in [5, 5.41) is 2.49. The van der Waals surface area contributed by atoms with Gasteiger partial charge in [-0.05, 0) is 104 Å². The van der Waals surface area contributed by atoms with Gasteiger partial charge >= 0.3 is 0 Å². The Labute approximate surface area is 339 Å². The predicted molar refractivity (Wildman–Crippen MR) is 243 cm³/mol. The Morgan fingerprint density at radius 1 is 0.345 bits per heavy atom. The summed E-state index contributed by atoms with van der Waals surface area (Å²) in [6.45, 7) is 4.70. The van der Waals surface area contributed by atoms with Crippen molar-refractivity contribution in [1.82, 2.24) is 9.55 Å². The van der Waals surface area contributed by atoms with E-state index in [2.05, 4.69) is 213 Å². The summed E-state index contributed by atoms with van der Waals surface area (Å²) in [6, 6.07) is 74.9. The Bertz CT molecular complexity index is 3110. The van der Waals surface area contributed by atoms with Crippen molar-refractivity contribution in [2.75, 3.05) is 0 Å². The van der Waals surface area contributed by atoms with Crippen molar-refractivity contribution < 1.29 is 0 Å². The second-order valence-corrected chi connectivity index (χ2v) is 16.0. The number of para-hydroxylation sites is 1. The van der Waals surface area contributed by atoms with Crippen LogP contribution in [0.2, 0.25) is 0 Å². The molecule has 0 aliphatic heterocycles. The zero-order valence-electron chi connectivity index (χ0n) is 32.5. The van der Waals surface area contributed by atoms with Crippen LogP contribution in [-0.4, -0.2) is 9.55 Å². The maximum Gasteiger partial charge on any atom is 0.0715 e. The smallest absolute Gasteiger partial charge is 0.0715 e. The minimum absolute atomic E-state index is 0.0370. The zero-order chi connectivity index (χ0) is 38.8. The molecule has 0 unspecified atom stereocenters. The number of fused-ring (bicyclic) bond motifs is 6. The fourth-order valence-electron chi connectivity index (χ4n) is 9.20. The van der Waals surface area contributed by atoms with Gasteiger partial charge in [0, 0.05) is 33.0 Å². The topological polar surface area (TPSA) is 17.8 Å². The maximum absolute atomic E-state index is 5.10. The molecule has 0 atom stereocenters. The predicted octanol–water partition coefficient (Wildman–Crippen LogP) is 14.8. The molecule has 10 aromatic rings. The van der Waals surface area contributed by atoms with Crippen LogP contribution in [0, 0.1) is 0 Å². The van der Waals surface area contributed by atoms with E-state index in [0.29, 0.717) is 0 Å². The van der Waals surface area contributed by atoms with Crippen molar-refractivity contribution in [2.45, 2.75) is 19.3 Å². The summed E-state index contributed by atoms with van der Waals surface area (Å²) in [4.78, 5) is 5.10. The van der Waals surface area contributed by atoms with Gasteiger partial charge in [0.1, 0.15) is 0 Å². The first-order chi connectivity index (χ1) is 28.5. The van der Waals surface area contributed by atoms with Gasteiger partial charge in [0.25, 0.3) is 0 Å². The van der Waals surface area contributed by atoms with Crippen LogP contribution in [0.25, 0.3) is 94.5 Å². The quantitative estimate of drug-likeness (QED) is 0.166. The third-order valence-electron chi connectivity index (χ3n) is 12.2. The first kappa shape index (κ1) is 34.0. The number of rotatable bonds is 6. The van der Waals surface area contributed by atoms with Crippen LogP contribution < -0.4 is 0 Å². The highest BCUT2D eigenvalue weighted by molar-refractivity contribution is 6.10. The molecule has 2 aromatic heterocycles. The van der Waals surface area contributed by atoms with Gasteiger partial charge in [-0.25, -0.2) is 4.98 Å². The molecule has 0 fully saturated rings. The normalized spacial score (nSPS) is 12.8. The number of benzene rings is 8. The third-order valence-corrected chi connectivity index (χ3v) is 12.2. The Morgan fingerprint density at radius 3 is 1.60 bits per heavy atom. The summed E-state index contributed by atoms with van der Waals surface area (Å²) < 4.78 is 2.42. The SMILES string of the molecule is CC1(C)c2ccccc2-c2ccc(-c3cccc(-c4ccc5c6ccccc6n(-c6ccc(-c7cc(-c8ccccc8)nc(-c8ccccc8)c7)cc6)c5c4)c3)cc21. The summed E-state index contributed by atoms with van der Waals surface area (Å²) in [6.07, 6.45) is 0. The van der Waals surface area contributed by atoms with Crippen LogP contribution >= 0.6 is 0 Å². The average Bonchev–Trinajstić information content (AvgIpc) is 3.74. The van der Waals surface area contributed by atoms with Crippen LogP contribution in [0.3, 0.4) is 0 Å². The molecule has 274 valence electrons. The van der Waals surface area contributed by atoms with Gasteiger partial charge in [-0.2, -0.15) is 0 Å². The molecule has 1 aliphatic rings. The van der Waals surface area contributed by atoms with Gasteiger partial charge in [-0.1, -0.05) is 172 Å². The summed E-state index contributed by atoms with van der Waals surface area (Å²) in [5.74, 6) is 0. The van der Waals surface area contributed by atoms with Gasteiger partial charge < -0.3 is 4.57 Å². The molecule has 0 N–H and O–H groups in total. The monoisotopic (exact) mass is 740 g/mol. The molecule has 8 aromatic carbocycles. The van der Waals surface area contributed by atoms with Gasteiger partial charge in [0.2, 0.25) is 0 Å². The molecule has 0 spiro atoms. The van der Waals surface area contributed by atoms with Crippen molar-refractivity contribution in [1.29, 1.82) is 0 Å². The molecule has 0 radical (unpaired) electrons. The number of pyridine rings is 1. The Kier molecular flexibility index (Phi) is 7.87. The molecular weight excluding hydrogens is 701 g/mol. The fourth-order valence-corrected chi connectivity index (χ4v) is 9.20. The second kappa shape index (κ2) is 13.4. The largest absolute Gasteiger partial charge is 0.309 e. The minimum atomic E-state index is -0.0370. The van der Waals surface area contributed by atoms with Gasteiger partial charge in [-0.3, -0.25) is 0 Å². The van der Waals surface area contributed by atoms with E-state index < -0.39 is 0 Å². The molecule has 2 heterocycles. The Balaban J connectivity index is 0.985. The van der Waals surface area contributed by atoms with Crippen LogP contribution in [0.15, 0.2) is 206 Å². The van der Waals surface area contributed by atoms with Gasteiger partial charge in [0.15, 0.2) is 0 Å². The van der Waals surface area contributed by atoms with E-state index in [1.807, 2.05) is 12.1 Å². The van der Waals surface area contributed by atoms with Crippen LogP contribution in [0.5, 0.6) is 0 Å². The van der Waals surface area contributed by atoms with Crippen molar-refractivity contribution in [3.05, 3.63) is 217 Å². The fraction of sp³-hybridized carbons (Fsp3) is 0.0536. The van der Waals surface area contributed by atoms with Gasteiger partial charge in [0.05, 0.1) is 22.4 Å². The highest BCUT2D eigenvalue weighted by atomic mass is 15.0. The highest BCUT2D eigenvalue weighted by Gasteiger charge is 2.35. The van der Waals surface area contributed by atoms with E-state index in [1.165, 1.54) is 66.3 Å². The lowest BCUT2D eigenvalue weighted by Crippen LogP contribution is -2.14. The molecule has 1 aliphatic carbocycles. The Hall–Kier alpha value is -7.29. The van der Waals surface area contributed by atoms with Crippen molar-refractivity contribution in [3.63, 3.8) is 0 Å². The minimum Gasteiger partial charge on any atom is -0.309 e. The van der Waals surface area contributed by atoms with E-state index in [9.17, 15) is 0 Å². The van der Waals surface area contributed by atoms with E-state index in [1.54, 1.807) is 0 Å². The van der Waals surface area contributed by atoms with Crippen molar-refractivity contribution >= 4 is 21.8 Å². The highest BCUT2D eigenvalue weighted by Crippen LogP contribution is 2.49. The van der Waals surface area contributed by atoms with E-state index in [0.717, 1.165) is 39.3 Å². The molecule has 0 amide bonds. The second-order valence-electron chi connectivity index (χ2n) is 16.0. The van der Waals surface area contributed by atoms with Crippen molar-refractivity contribution in [3.8, 4) is 72.7 Å². The lowest BCUT2D eigenvalue weighted by atomic mass is 9.81. The van der Waals surface area contributed by atoms with Crippen LogP contribution in [0.4, 0.5) is 0 Å². The molecule has 11 rings (SSSR count). The standard InChI is InChI=1S/C56H40N2/c1-56(2)50-22-11-9-20-46(50)47-30-26-42(33-51(47)56)40-18-13-19-41(32-40)43-27-31-49-48-21-10-12-23-54(48)58(55(49)36-43)45-28-24-37(25-29-45)44-34-52(38-14-5-3-6-15-38)57-53(35-44)39-16-7-4-8-17-39/h3-36H,1-2H3. The Morgan fingerprint density at radius 2 is 0.879 bits per heavy atom. The summed E-state index contributed by atoms with van der Waals surface area (Å²) >= 11 is 0. The lowest BCUT2D eigenvalue weighted by molar-refractivity contribution is 0.660. The average molecular weight is 741 g/mol. The van der Waals surface area contributed by atoms with Crippen LogP contribution in [-0.2, 0) is 5.41 Å². The van der Waals surface area contributed by atoms with E-state index >= 15 is 0 Å². The molecule has 58 heavy (non-hydrogen) atoms. The van der Waals surface area contributed by atoms with Crippen molar-refractivity contribution in [2.24, 2.45) is 0 Å². The number of hydrogen-bond acceptors (Lipinski definition) is 1. The first-order valence-electron chi connectivity index (χ1n) is 20.1. The first-order valence-corrected chi connectivity index (χ1v) is 20.1. The summed E-state index contributed by atoms with van der Waals surface area (Å²) in [5.41, 5.74) is 20.3. The van der Waals surface area contributed by atoms with Gasteiger partial charge in [-0.15, -0.1) is 0 Å². The lowest BCUT2D eigenvalue weighted by Gasteiger charge is -2.22. The number of hydrogen-bond donors (Lipinski definition) is 0. The van der Waals surface area contributed by atoms with Crippen LogP contribution in [0.1, 0.15) is 25.0 Å². The zero-order valence-corrected chi connectivity index (χ0v) is 32.5. The molecule has 0 bridgehead atoms. The third kappa shape index (κ3) is 5.60. The summed E-state index contributed by atoms with van der Waals surface area (Å²) in [7, 11) is 0.